The van der Waals surface area contributed by atoms with E-state index in [1.165, 1.54) is 12.0 Å². The highest BCUT2D eigenvalue weighted by atomic mass is 16.5. The van der Waals surface area contributed by atoms with Gasteiger partial charge in [-0.25, -0.2) is 4.79 Å². The van der Waals surface area contributed by atoms with E-state index in [0.717, 1.165) is 12.8 Å². The molecule has 7 heteroatoms. The number of hydrogen-bond donors (Lipinski definition) is 0. The number of furan rings is 1. The van der Waals surface area contributed by atoms with Gasteiger partial charge in [0.05, 0.1) is 24.9 Å². The maximum absolute atomic E-state index is 13.0. The number of aryl methyl sites for hydroxylation is 1. The Kier molecular flexibility index (Phi) is 5.53. The molecule has 1 fully saturated rings. The van der Waals surface area contributed by atoms with Crippen LogP contribution in [0.5, 0.6) is 0 Å². The fourth-order valence-electron chi connectivity index (χ4n) is 3.12. The molecule has 0 saturated heterocycles. The second-order valence-electron chi connectivity index (χ2n) is 7.02. The van der Waals surface area contributed by atoms with E-state index in [2.05, 4.69) is 0 Å². The van der Waals surface area contributed by atoms with Crippen LogP contribution in [0.15, 0.2) is 34.7 Å². The van der Waals surface area contributed by atoms with Crippen LogP contribution < -0.4 is 4.90 Å². The molecule has 0 bridgehead atoms. The lowest BCUT2D eigenvalue weighted by Crippen LogP contribution is -2.32. The molecule has 1 saturated carbocycles. The lowest BCUT2D eigenvalue weighted by molar-refractivity contribution is -0.119. The normalized spacial score (nSPS) is 13.1. The van der Waals surface area contributed by atoms with Crippen molar-refractivity contribution in [3.05, 3.63) is 53.0 Å². The minimum absolute atomic E-state index is 0.0345. The number of esters is 1. The van der Waals surface area contributed by atoms with E-state index >= 15 is 0 Å². The van der Waals surface area contributed by atoms with Crippen LogP contribution in [-0.2, 0) is 16.1 Å². The molecule has 0 aliphatic heterocycles. The summed E-state index contributed by atoms with van der Waals surface area (Å²) in [4.78, 5) is 40.2. The summed E-state index contributed by atoms with van der Waals surface area (Å²) >= 11 is 0. The van der Waals surface area contributed by atoms with E-state index in [1.807, 2.05) is 0 Å². The van der Waals surface area contributed by atoms with Gasteiger partial charge in [0.1, 0.15) is 17.1 Å². The molecule has 0 unspecified atom stereocenters. The molecule has 7 nitrogen and oxygen atoms in total. The van der Waals surface area contributed by atoms with Gasteiger partial charge in [-0.1, -0.05) is 12.1 Å². The number of carbonyl (C=O) groups excluding carboxylic acids is 3. The van der Waals surface area contributed by atoms with Crippen LogP contribution in [0.2, 0.25) is 0 Å². The summed E-state index contributed by atoms with van der Waals surface area (Å²) in [5, 5.41) is 0. The van der Waals surface area contributed by atoms with E-state index in [0.29, 0.717) is 28.3 Å². The maximum atomic E-state index is 13.0. The molecule has 1 aliphatic rings. The maximum Gasteiger partial charge on any atom is 0.341 e. The number of rotatable bonds is 6. The third kappa shape index (κ3) is 3.93. The first-order chi connectivity index (χ1) is 13.3. The summed E-state index contributed by atoms with van der Waals surface area (Å²) in [5.41, 5.74) is 1.37. The van der Waals surface area contributed by atoms with Gasteiger partial charge in [-0.2, -0.15) is 0 Å². The fourth-order valence-corrected chi connectivity index (χ4v) is 3.12. The second-order valence-corrected chi connectivity index (χ2v) is 7.02. The fraction of sp³-hybridized carbons (Fsp3) is 0.381. The summed E-state index contributed by atoms with van der Waals surface area (Å²) in [7, 11) is 4.66. The first-order valence-corrected chi connectivity index (χ1v) is 9.13. The first-order valence-electron chi connectivity index (χ1n) is 9.13. The monoisotopic (exact) mass is 384 g/mol. The Morgan fingerprint density at radius 1 is 1.14 bits per heavy atom. The van der Waals surface area contributed by atoms with Crippen molar-refractivity contribution >= 4 is 23.5 Å². The molecule has 1 aliphatic carbocycles. The van der Waals surface area contributed by atoms with Crippen LogP contribution in [0.1, 0.15) is 45.1 Å². The van der Waals surface area contributed by atoms with E-state index in [1.54, 1.807) is 56.3 Å². The van der Waals surface area contributed by atoms with Gasteiger partial charge in [0.15, 0.2) is 0 Å². The number of ether oxygens (including phenoxy) is 1. The number of carbonyl (C=O) groups is 3. The van der Waals surface area contributed by atoms with Crippen molar-refractivity contribution in [3.63, 3.8) is 0 Å². The minimum atomic E-state index is -0.480. The number of hydrogen-bond acceptors (Lipinski definition) is 5. The Balaban J connectivity index is 1.79. The molecule has 0 atom stereocenters. The van der Waals surface area contributed by atoms with Crippen molar-refractivity contribution in [2.24, 2.45) is 5.92 Å². The molecule has 0 radical (unpaired) electrons. The zero-order chi connectivity index (χ0) is 20.4. The molecule has 0 N–H and O–H groups in total. The van der Waals surface area contributed by atoms with Crippen LogP contribution >= 0.6 is 0 Å². The standard InChI is InChI=1S/C21H24N2O5/c1-13-17(21(26)27-4)11-15(28-13)12-22(2)20(25)16-7-5-6-8-18(16)23(3)19(24)14-9-10-14/h5-8,11,14H,9-10,12H2,1-4H3. The van der Waals surface area contributed by atoms with Crippen LogP contribution in [0.25, 0.3) is 0 Å². The Hall–Kier alpha value is -3.09. The summed E-state index contributed by atoms with van der Waals surface area (Å²) in [6, 6.07) is 8.64. The van der Waals surface area contributed by atoms with E-state index in [4.69, 9.17) is 9.15 Å². The SMILES string of the molecule is COC(=O)c1cc(CN(C)C(=O)c2ccccc2N(C)C(=O)C2CC2)oc1C. The predicted molar refractivity (Wildman–Crippen MR) is 103 cm³/mol. The molecule has 1 heterocycles. The Labute approximate surface area is 163 Å². The molecule has 1 aromatic carbocycles. The molecule has 2 amide bonds. The van der Waals surface area contributed by atoms with Gasteiger partial charge in [-0.05, 0) is 38.0 Å². The summed E-state index contributed by atoms with van der Waals surface area (Å²) in [6.07, 6.45) is 1.80. The number of anilines is 1. The number of para-hydroxylation sites is 1. The Morgan fingerprint density at radius 3 is 2.46 bits per heavy atom. The van der Waals surface area contributed by atoms with Gasteiger partial charge < -0.3 is 19.0 Å². The quantitative estimate of drug-likeness (QED) is 0.715. The molecular formula is C21H24N2O5. The van der Waals surface area contributed by atoms with Gasteiger partial charge in [0.25, 0.3) is 5.91 Å². The lowest BCUT2D eigenvalue weighted by Gasteiger charge is -2.23. The molecular weight excluding hydrogens is 360 g/mol. The van der Waals surface area contributed by atoms with Gasteiger partial charge in [-0.15, -0.1) is 0 Å². The molecule has 0 spiro atoms. The third-order valence-corrected chi connectivity index (χ3v) is 4.87. The molecule has 28 heavy (non-hydrogen) atoms. The van der Waals surface area contributed by atoms with Crippen molar-refractivity contribution in [1.82, 2.24) is 4.90 Å². The minimum Gasteiger partial charge on any atom is -0.465 e. The molecule has 148 valence electrons. The lowest BCUT2D eigenvalue weighted by atomic mass is 10.1. The van der Waals surface area contributed by atoms with E-state index in [9.17, 15) is 14.4 Å². The van der Waals surface area contributed by atoms with Crippen LogP contribution in [0.3, 0.4) is 0 Å². The van der Waals surface area contributed by atoms with Crippen molar-refractivity contribution in [2.75, 3.05) is 26.1 Å². The average molecular weight is 384 g/mol. The number of amides is 2. The van der Waals surface area contributed by atoms with Crippen LogP contribution in [0, 0.1) is 12.8 Å². The second kappa shape index (κ2) is 7.88. The number of nitrogens with zero attached hydrogens (tertiary/aromatic N) is 2. The van der Waals surface area contributed by atoms with Gasteiger partial charge in [0, 0.05) is 20.0 Å². The largest absolute Gasteiger partial charge is 0.465 e. The van der Waals surface area contributed by atoms with Crippen molar-refractivity contribution in [1.29, 1.82) is 0 Å². The highest BCUT2D eigenvalue weighted by molar-refractivity contribution is 6.05. The van der Waals surface area contributed by atoms with Gasteiger partial charge in [0.2, 0.25) is 5.91 Å². The molecule has 1 aromatic heterocycles. The van der Waals surface area contributed by atoms with Gasteiger partial charge >= 0.3 is 5.97 Å². The highest BCUT2D eigenvalue weighted by Gasteiger charge is 2.33. The van der Waals surface area contributed by atoms with E-state index < -0.39 is 5.97 Å². The molecule has 2 aromatic rings. The van der Waals surface area contributed by atoms with Crippen molar-refractivity contribution in [3.8, 4) is 0 Å². The number of methoxy groups -OCH3 is 1. The van der Waals surface area contributed by atoms with E-state index in [-0.39, 0.29) is 24.3 Å². The molecule has 3 rings (SSSR count). The highest BCUT2D eigenvalue weighted by Crippen LogP contribution is 2.33. The topological polar surface area (TPSA) is 80.1 Å². The zero-order valence-corrected chi connectivity index (χ0v) is 16.5. The summed E-state index contributed by atoms with van der Waals surface area (Å²) < 4.78 is 10.3. The van der Waals surface area contributed by atoms with Crippen molar-refractivity contribution in [2.45, 2.75) is 26.3 Å². The predicted octanol–water partition coefficient (Wildman–Crippen LogP) is 3.02. The van der Waals surface area contributed by atoms with Crippen LogP contribution in [0.4, 0.5) is 5.69 Å². The Bertz CT molecular complexity index is 913. The summed E-state index contributed by atoms with van der Waals surface area (Å²) in [5.74, 6) is 0.305. The smallest absolute Gasteiger partial charge is 0.341 e. The Morgan fingerprint density at radius 2 is 1.82 bits per heavy atom. The number of benzene rings is 1. The first kappa shape index (κ1) is 19.7. The van der Waals surface area contributed by atoms with Gasteiger partial charge in [-0.3, -0.25) is 9.59 Å². The third-order valence-electron chi connectivity index (χ3n) is 4.87. The summed E-state index contributed by atoms with van der Waals surface area (Å²) in [6.45, 7) is 1.86. The average Bonchev–Trinajstić information content (AvgIpc) is 3.48. The zero-order valence-electron chi connectivity index (χ0n) is 16.5. The van der Waals surface area contributed by atoms with Crippen molar-refractivity contribution < 1.29 is 23.5 Å². The van der Waals surface area contributed by atoms with Crippen LogP contribution in [-0.4, -0.2) is 43.9 Å².